The minimum atomic E-state index is -5.06. The van der Waals surface area contributed by atoms with Gasteiger partial charge < -0.3 is 122 Å². The van der Waals surface area contributed by atoms with Gasteiger partial charge in [0.15, 0.2) is 0 Å². The Morgan fingerprint density at radius 1 is 0.379 bits per heavy atom. The molecule has 0 amide bonds. The predicted octanol–water partition coefficient (Wildman–Crippen LogP) is 0.741. The zero-order chi connectivity index (χ0) is 66.8. The second kappa shape index (κ2) is 48.2. The van der Waals surface area contributed by atoms with Gasteiger partial charge in [0.25, 0.3) is 46.9 Å². The molecular formula is C44H96N4O32P7-7. The van der Waals surface area contributed by atoms with Crippen LogP contribution < -0.4 is 55.5 Å². The first-order valence-electron chi connectivity index (χ1n) is 27.4. The Labute approximate surface area is 512 Å². The summed E-state index contributed by atoms with van der Waals surface area (Å²) in [6.45, 7) is 6.15. The largest absolute Gasteiger partial charge is 0.779 e. The van der Waals surface area contributed by atoms with Gasteiger partial charge in [-0.1, -0.05) is 20.8 Å². The summed E-state index contributed by atoms with van der Waals surface area (Å²) in [6, 6.07) is 0. The lowest BCUT2D eigenvalue weighted by molar-refractivity contribution is -0.239. The molecular weight excluding hydrogens is 1310 g/mol. The number of ether oxygens (including phenoxy) is 4. The average Bonchev–Trinajstić information content (AvgIpc) is 3.43. The SMILES string of the molecule is CC(C)(C)COP(=O)([O-])OCCOP(=O)([O-])OCCOP(=O)([O-])OCCOP(=O)([O-])OCCOP(=O)([O-])OC(C)(C)C.CNCOCCC(CO)CC(CCOCNC)CC(CCOCNC)CC(CCOCNC)OP(=O)([O-])OCCOP(C)(=O)[O-]. The Balaban J connectivity index is 0. The maximum absolute atomic E-state index is 12.7. The van der Waals surface area contributed by atoms with Crippen molar-refractivity contribution < 1.29 is 149 Å². The van der Waals surface area contributed by atoms with Crippen molar-refractivity contribution in [2.24, 2.45) is 23.2 Å². The van der Waals surface area contributed by atoms with Gasteiger partial charge in [0.05, 0.1) is 118 Å². The maximum atomic E-state index is 12.7. The standard InChI is InChI=1S/C27H62N4O12P2.C17H41O20P5/c1-28-20-37-10-6-24(17-26(19-32)8-12-39-22-30-3)16-25(7-11-38-21-29-2)18-27(9-13-40-23-31-4)43-45(35,36)42-15-14-41-44(5,33)34;1-16(2,3)15-36-41(24,25)34-12-11-32-39(20,21)30-8-7-28-38(18,19)29-9-10-31-40(22,23)33-13-14-35-42(26,27)37-17(4,5)6/h24-32H,6-23H2,1-5H3,(H,33,34)(H,35,36);7-15H2,1-6H3,(H,18,19)(H,20,21)(H,22,23)(H,24,25)(H,26,27)/p-7. The zero-order valence-corrected chi connectivity index (χ0v) is 57.9. The highest BCUT2D eigenvalue weighted by Gasteiger charge is 2.28. The summed E-state index contributed by atoms with van der Waals surface area (Å²) in [5.41, 5.74) is -1.55. The molecule has 0 aliphatic rings. The zero-order valence-electron chi connectivity index (χ0n) is 51.6. The van der Waals surface area contributed by atoms with Crippen molar-refractivity contribution in [2.75, 3.05) is 167 Å². The van der Waals surface area contributed by atoms with Crippen LogP contribution in [0.2, 0.25) is 0 Å². The Morgan fingerprint density at radius 3 is 0.989 bits per heavy atom. The second-order valence-electron chi connectivity index (χ2n) is 20.8. The molecule has 0 aliphatic heterocycles. The van der Waals surface area contributed by atoms with Crippen molar-refractivity contribution in [3.05, 3.63) is 0 Å². The van der Waals surface area contributed by atoms with Crippen molar-refractivity contribution in [1.29, 1.82) is 0 Å². The van der Waals surface area contributed by atoms with E-state index in [1.807, 2.05) is 7.05 Å². The molecule has 0 saturated carbocycles. The van der Waals surface area contributed by atoms with E-state index >= 15 is 0 Å². The molecule has 0 radical (unpaired) electrons. The first-order chi connectivity index (χ1) is 40.2. The number of hydrogen-bond acceptors (Lipinski definition) is 36. The van der Waals surface area contributed by atoms with Gasteiger partial charge in [-0.2, -0.15) is 0 Å². The van der Waals surface area contributed by atoms with E-state index in [0.29, 0.717) is 66.0 Å². The van der Waals surface area contributed by atoms with E-state index in [2.05, 4.69) is 71.0 Å². The molecule has 87 heavy (non-hydrogen) atoms. The van der Waals surface area contributed by atoms with Gasteiger partial charge in [0, 0.05) is 33.1 Å². The van der Waals surface area contributed by atoms with Crippen LogP contribution >= 0.6 is 54.5 Å². The lowest BCUT2D eigenvalue weighted by Crippen LogP contribution is -2.27. The smallest absolute Gasteiger partial charge is 0.268 e. The first kappa shape index (κ1) is 89.5. The third-order valence-corrected chi connectivity index (χ3v) is 17.0. The van der Waals surface area contributed by atoms with Crippen LogP contribution in [0.5, 0.6) is 0 Å². The van der Waals surface area contributed by atoms with Crippen LogP contribution in [0.1, 0.15) is 86.5 Å². The minimum absolute atomic E-state index is 0.000100. The highest BCUT2D eigenvalue weighted by Crippen LogP contribution is 2.46. The molecule has 36 nitrogen and oxygen atoms in total. The number of phosphoric acid groups is 6. The summed E-state index contributed by atoms with van der Waals surface area (Å²) in [5, 5.41) is 21.9. The van der Waals surface area contributed by atoms with E-state index in [9.17, 15) is 71.3 Å². The molecule has 0 aliphatic carbocycles. The van der Waals surface area contributed by atoms with Crippen molar-refractivity contribution in [2.45, 2.75) is 98.2 Å². The van der Waals surface area contributed by atoms with Crippen LogP contribution in [-0.2, 0) is 110 Å². The number of aliphatic hydroxyl groups is 1. The predicted molar refractivity (Wildman–Crippen MR) is 299 cm³/mol. The fourth-order valence-electron chi connectivity index (χ4n) is 6.68. The molecule has 43 heteroatoms. The molecule has 0 saturated heterocycles. The van der Waals surface area contributed by atoms with Gasteiger partial charge in [0.1, 0.15) is 7.60 Å². The Kier molecular flexibility index (Phi) is 49.6. The molecule has 0 aromatic carbocycles. The molecule has 0 bridgehead atoms. The van der Waals surface area contributed by atoms with E-state index in [4.69, 9.17) is 28.0 Å². The highest BCUT2D eigenvalue weighted by atomic mass is 31.2. The molecule has 0 aromatic rings. The summed E-state index contributed by atoms with van der Waals surface area (Å²) in [7, 11) is -26.1. The summed E-state index contributed by atoms with van der Waals surface area (Å²) < 4.78 is 164. The number of rotatable bonds is 57. The summed E-state index contributed by atoms with van der Waals surface area (Å²) in [4.78, 5) is 81.9. The molecule has 526 valence electrons. The highest BCUT2D eigenvalue weighted by molar-refractivity contribution is 7.50. The topological polar surface area (TPSA) is 506 Å². The van der Waals surface area contributed by atoms with Gasteiger partial charge >= 0.3 is 0 Å². The molecule has 11 unspecified atom stereocenters. The van der Waals surface area contributed by atoms with E-state index in [0.717, 1.165) is 25.9 Å². The summed E-state index contributed by atoms with van der Waals surface area (Å²) >= 11 is 0. The monoisotopic (exact) mass is 1410 g/mol. The molecule has 0 spiro atoms. The number of hydrogen-bond donors (Lipinski definition) is 5. The molecule has 5 N–H and O–H groups in total. The van der Waals surface area contributed by atoms with E-state index in [1.165, 1.54) is 20.8 Å². The van der Waals surface area contributed by atoms with Crippen molar-refractivity contribution >= 4 is 54.5 Å². The Hall–Kier alpha value is 0.450. The fourth-order valence-corrected chi connectivity index (χ4v) is 12.0. The normalized spacial score (nSPS) is 18.7. The molecule has 0 aromatic heterocycles. The summed E-state index contributed by atoms with van der Waals surface area (Å²) in [5.74, 6) is 0.201. The third kappa shape index (κ3) is 59.9. The number of nitrogens with one attached hydrogen (secondary N) is 4. The van der Waals surface area contributed by atoms with Gasteiger partial charge in [-0.25, -0.2) is 0 Å². The Morgan fingerprint density at radius 2 is 0.667 bits per heavy atom. The van der Waals surface area contributed by atoms with Crippen LogP contribution in [0.15, 0.2) is 0 Å². The van der Waals surface area contributed by atoms with Crippen molar-refractivity contribution in [3.63, 3.8) is 0 Å². The van der Waals surface area contributed by atoms with E-state index < -0.39 is 138 Å². The maximum Gasteiger partial charge on any atom is 0.268 e. The van der Waals surface area contributed by atoms with E-state index in [1.54, 1.807) is 41.9 Å². The number of phosphoric ester groups is 6. The van der Waals surface area contributed by atoms with Crippen LogP contribution in [0.3, 0.4) is 0 Å². The Bertz CT molecular complexity index is 2100. The average molecular weight is 1410 g/mol. The number of aliphatic hydroxyl groups excluding tert-OH is 1. The second-order valence-corrected chi connectivity index (χ2v) is 31.0. The lowest BCUT2D eigenvalue weighted by atomic mass is 9.81. The van der Waals surface area contributed by atoms with Crippen LogP contribution in [0, 0.1) is 23.2 Å². The van der Waals surface area contributed by atoms with E-state index in [-0.39, 0.29) is 44.0 Å². The van der Waals surface area contributed by atoms with Crippen LogP contribution in [-0.4, -0.2) is 184 Å². The van der Waals surface area contributed by atoms with Gasteiger partial charge in [-0.3, -0.25) is 48.7 Å². The minimum Gasteiger partial charge on any atom is -0.779 e. The fraction of sp³-hybridized carbons (Fsp3) is 1.00. The summed E-state index contributed by atoms with van der Waals surface area (Å²) in [6.07, 6.45) is 3.48. The van der Waals surface area contributed by atoms with Gasteiger partial charge in [-0.15, -0.1) is 0 Å². The lowest BCUT2D eigenvalue weighted by Gasteiger charge is -2.32. The van der Waals surface area contributed by atoms with Crippen molar-refractivity contribution in [3.8, 4) is 0 Å². The quantitative estimate of drug-likeness (QED) is 0.0318. The first-order valence-corrected chi connectivity index (χ1v) is 38.1. The molecule has 0 heterocycles. The third-order valence-electron chi connectivity index (χ3n) is 10.1. The molecule has 11 atom stereocenters. The van der Waals surface area contributed by atoms with Crippen molar-refractivity contribution in [1.82, 2.24) is 21.3 Å². The van der Waals surface area contributed by atoms with Crippen LogP contribution in [0.25, 0.3) is 0 Å². The van der Waals surface area contributed by atoms with Gasteiger partial charge in [0.2, 0.25) is 0 Å². The molecule has 0 rings (SSSR count). The van der Waals surface area contributed by atoms with Crippen LogP contribution in [0.4, 0.5) is 0 Å². The van der Waals surface area contributed by atoms with Gasteiger partial charge in [-0.05, 0) is 117 Å². The molecule has 0 fully saturated rings.